The Morgan fingerprint density at radius 2 is 2.19 bits per heavy atom. The van der Waals surface area contributed by atoms with Gasteiger partial charge in [0.1, 0.15) is 0 Å². The minimum Gasteiger partial charge on any atom is -0.372 e. The van der Waals surface area contributed by atoms with Gasteiger partial charge in [0.25, 0.3) is 0 Å². The average molecular weight is 288 g/mol. The van der Waals surface area contributed by atoms with Gasteiger partial charge in [0, 0.05) is 19.1 Å². The number of piperidine rings is 1. The van der Waals surface area contributed by atoms with E-state index in [1.165, 1.54) is 36.9 Å². The number of nitrogens with zero attached hydrogens (tertiary/aromatic N) is 1. The lowest BCUT2D eigenvalue weighted by Gasteiger charge is -2.42. The van der Waals surface area contributed by atoms with Crippen LogP contribution in [0.2, 0.25) is 0 Å². The first-order chi connectivity index (χ1) is 10.3. The van der Waals surface area contributed by atoms with Crippen LogP contribution in [-0.4, -0.2) is 37.2 Å². The number of ether oxygens (including phenoxy) is 1. The summed E-state index contributed by atoms with van der Waals surface area (Å²) in [6, 6.07) is 9.28. The maximum atomic E-state index is 6.09. The first kappa shape index (κ1) is 15.0. The van der Waals surface area contributed by atoms with Crippen molar-refractivity contribution < 1.29 is 4.74 Å². The summed E-state index contributed by atoms with van der Waals surface area (Å²) in [5, 5.41) is 0. The van der Waals surface area contributed by atoms with E-state index in [1.807, 2.05) is 0 Å². The number of rotatable bonds is 4. The molecular weight excluding hydrogens is 260 g/mol. The Labute approximate surface area is 128 Å². The van der Waals surface area contributed by atoms with E-state index in [4.69, 9.17) is 10.5 Å². The van der Waals surface area contributed by atoms with Crippen LogP contribution in [0.15, 0.2) is 24.3 Å². The maximum Gasteiger partial charge on any atom is 0.0954 e. The van der Waals surface area contributed by atoms with E-state index in [0.29, 0.717) is 6.04 Å². The van der Waals surface area contributed by atoms with Crippen LogP contribution in [0.25, 0.3) is 0 Å². The van der Waals surface area contributed by atoms with Crippen LogP contribution in [0.1, 0.15) is 43.4 Å². The van der Waals surface area contributed by atoms with Gasteiger partial charge in [-0.3, -0.25) is 4.90 Å². The molecule has 0 aliphatic carbocycles. The standard InChI is InChI=1S/C18H28N2O/c1-2-14-7-5-10-20(17(14)12-19)13-18-16-8-4-3-6-15(16)9-11-21-18/h3-4,6,8,14,17-18H,2,5,7,9-13,19H2,1H3. The fourth-order valence-electron chi connectivity index (χ4n) is 4.10. The van der Waals surface area contributed by atoms with Gasteiger partial charge in [0.05, 0.1) is 12.7 Å². The molecule has 1 aromatic rings. The topological polar surface area (TPSA) is 38.5 Å². The fraction of sp³-hybridized carbons (Fsp3) is 0.667. The monoisotopic (exact) mass is 288 g/mol. The van der Waals surface area contributed by atoms with Crippen molar-refractivity contribution in [3.8, 4) is 0 Å². The van der Waals surface area contributed by atoms with Crippen LogP contribution >= 0.6 is 0 Å². The number of hydrogen-bond donors (Lipinski definition) is 1. The van der Waals surface area contributed by atoms with Crippen molar-refractivity contribution in [3.05, 3.63) is 35.4 Å². The maximum absolute atomic E-state index is 6.09. The van der Waals surface area contributed by atoms with Gasteiger partial charge >= 0.3 is 0 Å². The molecular formula is C18H28N2O. The highest BCUT2D eigenvalue weighted by Crippen LogP contribution is 2.31. The summed E-state index contributed by atoms with van der Waals surface area (Å²) >= 11 is 0. The van der Waals surface area contributed by atoms with Gasteiger partial charge in [-0.2, -0.15) is 0 Å². The number of hydrogen-bond acceptors (Lipinski definition) is 3. The summed E-state index contributed by atoms with van der Waals surface area (Å²) in [4.78, 5) is 2.59. The van der Waals surface area contributed by atoms with Gasteiger partial charge in [-0.25, -0.2) is 0 Å². The Morgan fingerprint density at radius 1 is 1.33 bits per heavy atom. The molecule has 1 saturated heterocycles. The number of nitrogens with two attached hydrogens (primary N) is 1. The summed E-state index contributed by atoms with van der Waals surface area (Å²) in [7, 11) is 0. The van der Waals surface area contributed by atoms with Crippen molar-refractivity contribution >= 4 is 0 Å². The Bertz CT molecular complexity index is 462. The van der Waals surface area contributed by atoms with Crippen LogP contribution in [0.5, 0.6) is 0 Å². The first-order valence-corrected chi connectivity index (χ1v) is 8.47. The largest absolute Gasteiger partial charge is 0.372 e. The van der Waals surface area contributed by atoms with E-state index < -0.39 is 0 Å². The van der Waals surface area contributed by atoms with Gasteiger partial charge in [-0.15, -0.1) is 0 Å². The van der Waals surface area contributed by atoms with Gasteiger partial charge in [-0.05, 0) is 42.9 Å². The number of fused-ring (bicyclic) bond motifs is 1. The minimum absolute atomic E-state index is 0.222. The first-order valence-electron chi connectivity index (χ1n) is 8.47. The second-order valence-electron chi connectivity index (χ2n) is 6.42. The van der Waals surface area contributed by atoms with E-state index in [2.05, 4.69) is 36.1 Å². The molecule has 1 aromatic carbocycles. The SMILES string of the molecule is CCC1CCCN(CC2OCCc3ccccc32)C1CN. The van der Waals surface area contributed by atoms with Crippen LogP contribution in [0.4, 0.5) is 0 Å². The molecule has 21 heavy (non-hydrogen) atoms. The van der Waals surface area contributed by atoms with Crippen LogP contribution < -0.4 is 5.73 Å². The van der Waals surface area contributed by atoms with Gasteiger partial charge < -0.3 is 10.5 Å². The van der Waals surface area contributed by atoms with Gasteiger partial charge in [0.2, 0.25) is 0 Å². The number of benzene rings is 1. The van der Waals surface area contributed by atoms with Crippen molar-refractivity contribution in [3.63, 3.8) is 0 Å². The number of likely N-dealkylation sites (tertiary alicyclic amines) is 1. The van der Waals surface area contributed by atoms with Crippen molar-refractivity contribution in [1.29, 1.82) is 0 Å². The van der Waals surface area contributed by atoms with Gasteiger partial charge in [-0.1, -0.05) is 37.6 Å². The van der Waals surface area contributed by atoms with E-state index >= 15 is 0 Å². The van der Waals surface area contributed by atoms with Crippen molar-refractivity contribution in [2.45, 2.75) is 44.8 Å². The Kier molecular flexibility index (Phi) is 4.94. The van der Waals surface area contributed by atoms with Crippen molar-refractivity contribution in [1.82, 2.24) is 4.90 Å². The lowest BCUT2D eigenvalue weighted by molar-refractivity contribution is -0.0113. The van der Waals surface area contributed by atoms with E-state index in [1.54, 1.807) is 0 Å². The predicted octanol–water partition coefficient (Wildman–Crippen LogP) is 2.75. The minimum atomic E-state index is 0.222. The smallest absolute Gasteiger partial charge is 0.0954 e. The van der Waals surface area contributed by atoms with Crippen molar-refractivity contribution in [2.24, 2.45) is 11.7 Å². The zero-order valence-corrected chi connectivity index (χ0v) is 13.1. The quantitative estimate of drug-likeness (QED) is 0.926. The summed E-state index contributed by atoms with van der Waals surface area (Å²) < 4.78 is 6.09. The van der Waals surface area contributed by atoms with E-state index in [-0.39, 0.29) is 6.10 Å². The summed E-state index contributed by atoms with van der Waals surface area (Å²) in [5.74, 6) is 0.752. The lowest BCUT2D eigenvalue weighted by atomic mass is 9.86. The Morgan fingerprint density at radius 3 is 3.00 bits per heavy atom. The third kappa shape index (κ3) is 3.15. The molecule has 1 fully saturated rings. The second-order valence-corrected chi connectivity index (χ2v) is 6.42. The normalized spacial score (nSPS) is 30.1. The van der Waals surface area contributed by atoms with Crippen molar-refractivity contribution in [2.75, 3.05) is 26.2 Å². The highest BCUT2D eigenvalue weighted by molar-refractivity contribution is 5.31. The zero-order chi connectivity index (χ0) is 14.7. The molecule has 3 unspecified atom stereocenters. The Hall–Kier alpha value is -0.900. The predicted molar refractivity (Wildman–Crippen MR) is 86.3 cm³/mol. The van der Waals surface area contributed by atoms with Crippen LogP contribution in [0.3, 0.4) is 0 Å². The molecule has 2 aliphatic heterocycles. The zero-order valence-electron chi connectivity index (χ0n) is 13.1. The molecule has 3 atom stereocenters. The molecule has 0 saturated carbocycles. The molecule has 3 rings (SSSR count). The summed E-state index contributed by atoms with van der Waals surface area (Å²) in [6.45, 7) is 6.08. The lowest BCUT2D eigenvalue weighted by Crippen LogP contribution is -2.51. The molecule has 2 aliphatic rings. The molecule has 116 valence electrons. The molecule has 3 nitrogen and oxygen atoms in total. The van der Waals surface area contributed by atoms with E-state index in [0.717, 1.165) is 32.0 Å². The molecule has 0 aromatic heterocycles. The summed E-state index contributed by atoms with van der Waals surface area (Å²) in [6.07, 6.45) is 5.13. The molecule has 2 N–H and O–H groups in total. The van der Waals surface area contributed by atoms with Crippen LogP contribution in [0, 0.1) is 5.92 Å². The third-order valence-corrected chi connectivity index (χ3v) is 5.29. The third-order valence-electron chi connectivity index (χ3n) is 5.29. The highest BCUT2D eigenvalue weighted by atomic mass is 16.5. The van der Waals surface area contributed by atoms with E-state index in [9.17, 15) is 0 Å². The molecule has 3 heteroatoms. The molecule has 2 heterocycles. The molecule has 0 amide bonds. The molecule has 0 bridgehead atoms. The molecule has 0 radical (unpaired) electrons. The fourth-order valence-corrected chi connectivity index (χ4v) is 4.10. The average Bonchev–Trinajstić information content (AvgIpc) is 2.55. The summed E-state index contributed by atoms with van der Waals surface area (Å²) in [5.41, 5.74) is 8.92. The highest BCUT2D eigenvalue weighted by Gasteiger charge is 2.32. The molecule has 0 spiro atoms. The van der Waals surface area contributed by atoms with Gasteiger partial charge in [0.15, 0.2) is 0 Å². The Balaban J connectivity index is 1.74. The second kappa shape index (κ2) is 6.91. The van der Waals surface area contributed by atoms with Crippen LogP contribution in [-0.2, 0) is 11.2 Å².